The first-order valence-electron chi connectivity index (χ1n) is 6.25. The smallest absolute Gasteiger partial charge is 0.308 e. The lowest BCUT2D eigenvalue weighted by atomic mass is 9.80. The summed E-state index contributed by atoms with van der Waals surface area (Å²) in [4.78, 5) is 13.5. The van der Waals surface area contributed by atoms with Gasteiger partial charge >= 0.3 is 5.97 Å². The number of hydrogen-bond donors (Lipinski definition) is 1. The summed E-state index contributed by atoms with van der Waals surface area (Å²) in [6.45, 7) is 5.31. The number of carboxylic acids is 1. The minimum absolute atomic E-state index is 0.123. The third-order valence-electron chi connectivity index (χ3n) is 3.73. The van der Waals surface area contributed by atoms with E-state index in [9.17, 15) is 9.90 Å². The molecule has 0 amide bonds. The van der Waals surface area contributed by atoms with Gasteiger partial charge in [0.25, 0.3) is 0 Å². The Kier molecular flexibility index (Phi) is 3.82. The lowest BCUT2D eigenvalue weighted by Gasteiger charge is -2.34. The van der Waals surface area contributed by atoms with Gasteiger partial charge in [0.1, 0.15) is 0 Å². The van der Waals surface area contributed by atoms with E-state index < -0.39 is 5.97 Å². The zero-order valence-corrected chi connectivity index (χ0v) is 10.7. The van der Waals surface area contributed by atoms with Crippen LogP contribution in [0.15, 0.2) is 30.8 Å². The van der Waals surface area contributed by atoms with Gasteiger partial charge in [-0.3, -0.25) is 4.79 Å². The van der Waals surface area contributed by atoms with Crippen LogP contribution in [-0.2, 0) is 4.79 Å². The van der Waals surface area contributed by atoms with Crippen LogP contribution in [0.4, 0.5) is 0 Å². The van der Waals surface area contributed by atoms with Gasteiger partial charge < -0.3 is 10.0 Å². The number of aliphatic carboxylic acids is 1. The van der Waals surface area contributed by atoms with E-state index in [0.29, 0.717) is 6.54 Å². The van der Waals surface area contributed by atoms with Crippen molar-refractivity contribution in [1.29, 1.82) is 0 Å². The predicted octanol–water partition coefficient (Wildman–Crippen LogP) is 2.45. The Labute approximate surface area is 108 Å². The van der Waals surface area contributed by atoms with Crippen LogP contribution in [0.2, 0.25) is 0 Å². The molecule has 0 aliphatic carbocycles. The molecule has 0 spiro atoms. The van der Waals surface area contributed by atoms with Crippen LogP contribution >= 0.6 is 0 Å². The summed E-state index contributed by atoms with van der Waals surface area (Å²) in [6, 6.07) is 8.06. The molecule has 96 valence electrons. The number of piperidine rings is 1. The van der Waals surface area contributed by atoms with E-state index in [1.165, 1.54) is 0 Å². The molecule has 0 radical (unpaired) electrons. The van der Waals surface area contributed by atoms with Gasteiger partial charge in [0.05, 0.1) is 5.92 Å². The molecule has 1 N–H and O–H groups in total. The molecule has 1 aliphatic rings. The molecule has 1 aromatic rings. The number of hydrogen-bond acceptors (Lipinski definition) is 2. The molecule has 1 fully saturated rings. The van der Waals surface area contributed by atoms with Crippen molar-refractivity contribution in [2.45, 2.75) is 12.3 Å². The van der Waals surface area contributed by atoms with Crippen LogP contribution in [0.5, 0.6) is 0 Å². The minimum Gasteiger partial charge on any atom is -0.481 e. The molecule has 1 saturated heterocycles. The van der Waals surface area contributed by atoms with Crippen LogP contribution in [0.3, 0.4) is 0 Å². The molecule has 1 aliphatic heterocycles. The van der Waals surface area contributed by atoms with Crippen LogP contribution in [-0.4, -0.2) is 36.1 Å². The third kappa shape index (κ3) is 2.62. The molecule has 0 aromatic heterocycles. The normalized spacial score (nSPS) is 24.7. The van der Waals surface area contributed by atoms with E-state index in [1.807, 2.05) is 31.3 Å². The molecule has 0 bridgehead atoms. The van der Waals surface area contributed by atoms with Gasteiger partial charge in [-0.25, -0.2) is 0 Å². The van der Waals surface area contributed by atoms with Gasteiger partial charge in [-0.15, -0.1) is 0 Å². The first-order valence-corrected chi connectivity index (χ1v) is 6.25. The lowest BCUT2D eigenvalue weighted by molar-refractivity contribution is -0.144. The standard InChI is InChI=1S/C15H19NO2/c1-3-11-4-6-12(7-5-11)13-8-9-16(2)10-14(13)15(17)18/h3-7,13-14H,1,8-10H2,2H3,(H,17,18)/t13-,14-/m1/s1. The topological polar surface area (TPSA) is 40.5 Å². The highest BCUT2D eigenvalue weighted by molar-refractivity contribution is 5.72. The first-order chi connectivity index (χ1) is 8.61. The van der Waals surface area contributed by atoms with Crippen LogP contribution in [0.25, 0.3) is 6.08 Å². The summed E-state index contributed by atoms with van der Waals surface area (Å²) >= 11 is 0. The average molecular weight is 245 g/mol. The molecular formula is C15H19NO2. The third-order valence-corrected chi connectivity index (χ3v) is 3.73. The fourth-order valence-corrected chi connectivity index (χ4v) is 2.64. The summed E-state index contributed by atoms with van der Waals surface area (Å²) in [5.41, 5.74) is 2.19. The maximum Gasteiger partial charge on any atom is 0.308 e. The highest BCUT2D eigenvalue weighted by Crippen LogP contribution is 2.32. The fourth-order valence-electron chi connectivity index (χ4n) is 2.64. The zero-order valence-electron chi connectivity index (χ0n) is 10.7. The summed E-state index contributed by atoms with van der Waals surface area (Å²) in [6.07, 6.45) is 2.70. The lowest BCUT2D eigenvalue weighted by Crippen LogP contribution is -2.40. The van der Waals surface area contributed by atoms with Gasteiger partial charge in [0.15, 0.2) is 0 Å². The predicted molar refractivity (Wildman–Crippen MR) is 72.5 cm³/mol. The summed E-state index contributed by atoms with van der Waals surface area (Å²) in [7, 11) is 1.98. The maximum absolute atomic E-state index is 11.4. The molecule has 18 heavy (non-hydrogen) atoms. The van der Waals surface area contributed by atoms with E-state index in [-0.39, 0.29) is 11.8 Å². The molecule has 0 unspecified atom stereocenters. The van der Waals surface area contributed by atoms with Crippen LogP contribution in [0, 0.1) is 5.92 Å². The van der Waals surface area contributed by atoms with Crippen molar-refractivity contribution >= 4 is 12.0 Å². The molecule has 0 saturated carbocycles. The average Bonchev–Trinajstić information content (AvgIpc) is 2.39. The second kappa shape index (κ2) is 5.36. The van der Waals surface area contributed by atoms with Gasteiger partial charge in [0.2, 0.25) is 0 Å². The fraction of sp³-hybridized carbons (Fsp3) is 0.400. The van der Waals surface area contributed by atoms with Crippen molar-refractivity contribution in [2.75, 3.05) is 20.1 Å². The monoisotopic (exact) mass is 245 g/mol. The first kappa shape index (κ1) is 12.8. The van der Waals surface area contributed by atoms with Gasteiger partial charge in [-0.1, -0.05) is 36.9 Å². The Morgan fingerprint density at radius 3 is 2.67 bits per heavy atom. The van der Waals surface area contributed by atoms with Crippen molar-refractivity contribution in [1.82, 2.24) is 4.90 Å². The Morgan fingerprint density at radius 1 is 1.44 bits per heavy atom. The Bertz CT molecular complexity index is 438. The number of likely N-dealkylation sites (tertiary alicyclic amines) is 1. The van der Waals surface area contributed by atoms with E-state index in [1.54, 1.807) is 6.08 Å². The molecule has 2 atom stereocenters. The molecule has 2 rings (SSSR count). The number of carbonyl (C=O) groups is 1. The van der Waals surface area contributed by atoms with Crippen molar-refractivity contribution < 1.29 is 9.90 Å². The number of rotatable bonds is 3. The second-order valence-corrected chi connectivity index (χ2v) is 4.97. The Hall–Kier alpha value is -1.61. The maximum atomic E-state index is 11.4. The van der Waals surface area contributed by atoms with Crippen molar-refractivity contribution in [3.05, 3.63) is 42.0 Å². The molecule has 1 heterocycles. The molecule has 3 nitrogen and oxygen atoms in total. The summed E-state index contributed by atoms with van der Waals surface area (Å²) in [5, 5.41) is 9.35. The molecule has 3 heteroatoms. The highest BCUT2D eigenvalue weighted by Gasteiger charge is 2.33. The number of benzene rings is 1. The molecule has 1 aromatic carbocycles. The van der Waals surface area contributed by atoms with E-state index in [2.05, 4.69) is 11.5 Å². The van der Waals surface area contributed by atoms with E-state index in [4.69, 9.17) is 0 Å². The zero-order chi connectivity index (χ0) is 13.1. The van der Waals surface area contributed by atoms with E-state index >= 15 is 0 Å². The quantitative estimate of drug-likeness (QED) is 0.889. The van der Waals surface area contributed by atoms with Crippen molar-refractivity contribution in [3.8, 4) is 0 Å². The van der Waals surface area contributed by atoms with Crippen LogP contribution < -0.4 is 0 Å². The Balaban J connectivity index is 2.23. The van der Waals surface area contributed by atoms with Gasteiger partial charge in [-0.2, -0.15) is 0 Å². The highest BCUT2D eigenvalue weighted by atomic mass is 16.4. The van der Waals surface area contributed by atoms with Crippen molar-refractivity contribution in [2.24, 2.45) is 5.92 Å². The van der Waals surface area contributed by atoms with Crippen molar-refractivity contribution in [3.63, 3.8) is 0 Å². The number of carboxylic acid groups (broad SMARTS) is 1. The van der Waals surface area contributed by atoms with Gasteiger partial charge in [-0.05, 0) is 37.1 Å². The summed E-state index contributed by atoms with van der Waals surface area (Å²) < 4.78 is 0. The summed E-state index contributed by atoms with van der Waals surface area (Å²) in [5.74, 6) is -0.879. The largest absolute Gasteiger partial charge is 0.481 e. The Morgan fingerprint density at radius 2 is 2.11 bits per heavy atom. The minimum atomic E-state index is -0.695. The van der Waals surface area contributed by atoms with E-state index in [0.717, 1.165) is 24.1 Å². The number of nitrogens with zero attached hydrogens (tertiary/aromatic N) is 1. The van der Waals surface area contributed by atoms with Gasteiger partial charge in [0, 0.05) is 6.54 Å². The SMILES string of the molecule is C=Cc1ccc([C@H]2CCN(C)C[C@H]2C(=O)O)cc1. The van der Waals surface area contributed by atoms with Crippen LogP contribution in [0.1, 0.15) is 23.5 Å². The molecular weight excluding hydrogens is 226 g/mol. The second-order valence-electron chi connectivity index (χ2n) is 4.97.